The number of hydrogen-bond donors (Lipinski definition) is 1. The number of hydrogen-bond acceptors (Lipinski definition) is 8. The molecule has 10 heteroatoms. The molecule has 0 unspecified atom stereocenters. The molecule has 0 bridgehead atoms. The van der Waals surface area contributed by atoms with Crippen molar-refractivity contribution in [1.29, 1.82) is 0 Å². The van der Waals surface area contributed by atoms with Crippen LogP contribution < -0.4 is 17.0 Å². The molecule has 1 aliphatic rings. The molecule has 2 N–H and O–H groups in total. The number of para-hydroxylation sites is 1. The molecule has 1 aromatic carbocycles. The maximum atomic E-state index is 13.4. The molecular formula is C27H24N4O6. The van der Waals surface area contributed by atoms with Gasteiger partial charge < -0.3 is 14.9 Å². The van der Waals surface area contributed by atoms with Crippen molar-refractivity contribution in [2.24, 2.45) is 14.1 Å². The number of fused-ring (bicyclic) bond motifs is 2. The Bertz CT molecular complexity index is 1710. The Morgan fingerprint density at radius 1 is 1.08 bits per heavy atom. The van der Waals surface area contributed by atoms with Gasteiger partial charge in [0.1, 0.15) is 17.1 Å². The fourth-order valence-corrected chi connectivity index (χ4v) is 4.65. The summed E-state index contributed by atoms with van der Waals surface area (Å²) in [4.78, 5) is 55.8. The zero-order chi connectivity index (χ0) is 26.3. The standard InChI is InChI=1S/C27H24N4O6/c1-30-24(28)22(25(33)31(2)27(30)35)20(32)14-37-26(34)21-17-9-3-4-11-19(17)29-23-15(7-5-10-18(21)23)13-16-8-6-12-36-16/h3-4,6,8-9,11-13H,5,7,10,14,28H2,1-2H3/b15-13+. The van der Waals surface area contributed by atoms with Gasteiger partial charge in [-0.2, -0.15) is 0 Å². The zero-order valence-electron chi connectivity index (χ0n) is 20.3. The van der Waals surface area contributed by atoms with E-state index in [0.717, 1.165) is 33.1 Å². The topological polar surface area (TPSA) is 139 Å². The Balaban J connectivity index is 1.53. The van der Waals surface area contributed by atoms with Gasteiger partial charge in [-0.05, 0) is 54.7 Å². The number of carbonyl (C=O) groups excluding carboxylic acids is 2. The highest BCUT2D eigenvalue weighted by Crippen LogP contribution is 2.36. The minimum atomic E-state index is -0.846. The largest absolute Gasteiger partial charge is 0.465 e. The number of nitrogens with zero attached hydrogens (tertiary/aromatic N) is 3. The molecule has 0 amide bonds. The maximum absolute atomic E-state index is 13.4. The summed E-state index contributed by atoms with van der Waals surface area (Å²) in [6, 6.07) is 10.9. The van der Waals surface area contributed by atoms with Crippen LogP contribution in [0, 0.1) is 0 Å². The van der Waals surface area contributed by atoms with E-state index >= 15 is 0 Å². The predicted octanol–water partition coefficient (Wildman–Crippen LogP) is 2.72. The molecule has 10 nitrogen and oxygen atoms in total. The summed E-state index contributed by atoms with van der Waals surface area (Å²) in [5.41, 5.74) is 7.27. The van der Waals surface area contributed by atoms with Crippen molar-refractivity contribution in [1.82, 2.24) is 14.1 Å². The lowest BCUT2D eigenvalue weighted by molar-refractivity contribution is 0.0475. The number of Topliss-reactive ketones (excluding diaryl/α,β-unsaturated/α-hetero) is 1. The average molecular weight is 501 g/mol. The van der Waals surface area contributed by atoms with Gasteiger partial charge in [-0.25, -0.2) is 14.6 Å². The monoisotopic (exact) mass is 500 g/mol. The molecule has 3 heterocycles. The van der Waals surface area contributed by atoms with E-state index in [0.29, 0.717) is 34.3 Å². The summed E-state index contributed by atoms with van der Waals surface area (Å²) in [7, 11) is 2.60. The molecule has 0 aliphatic heterocycles. The Kier molecular flexibility index (Phi) is 6.08. The first-order valence-corrected chi connectivity index (χ1v) is 11.7. The highest BCUT2D eigenvalue weighted by atomic mass is 16.5. The number of nitrogens with two attached hydrogens (primary N) is 1. The first-order chi connectivity index (χ1) is 17.8. The smallest absolute Gasteiger partial charge is 0.339 e. The Labute approximate surface area is 210 Å². The van der Waals surface area contributed by atoms with Gasteiger partial charge in [0.25, 0.3) is 5.56 Å². The highest BCUT2D eigenvalue weighted by Gasteiger charge is 2.27. The molecule has 4 aromatic rings. The van der Waals surface area contributed by atoms with Crippen molar-refractivity contribution in [2.45, 2.75) is 19.3 Å². The molecule has 188 valence electrons. The third kappa shape index (κ3) is 4.16. The van der Waals surface area contributed by atoms with Crippen molar-refractivity contribution in [3.8, 4) is 0 Å². The molecule has 0 radical (unpaired) electrons. The van der Waals surface area contributed by atoms with Crippen molar-refractivity contribution >= 4 is 40.1 Å². The number of pyridine rings is 1. The van der Waals surface area contributed by atoms with E-state index in [1.807, 2.05) is 24.3 Å². The highest BCUT2D eigenvalue weighted by molar-refractivity contribution is 6.08. The minimum absolute atomic E-state index is 0.284. The van der Waals surface area contributed by atoms with Crippen LogP contribution in [0.4, 0.5) is 5.82 Å². The van der Waals surface area contributed by atoms with Crippen LogP contribution >= 0.6 is 0 Å². The van der Waals surface area contributed by atoms with E-state index in [1.54, 1.807) is 24.5 Å². The fraction of sp³-hybridized carbons (Fsp3) is 0.222. The molecule has 5 rings (SSSR count). The number of ketones is 1. The summed E-state index contributed by atoms with van der Waals surface area (Å²) in [6.45, 7) is -0.711. The molecule has 0 spiro atoms. The summed E-state index contributed by atoms with van der Waals surface area (Å²) in [5.74, 6) is -1.10. The molecule has 1 aliphatic carbocycles. The Morgan fingerprint density at radius 3 is 2.62 bits per heavy atom. The number of ether oxygens (including phenoxy) is 1. The van der Waals surface area contributed by atoms with E-state index in [2.05, 4.69) is 0 Å². The summed E-state index contributed by atoms with van der Waals surface area (Å²) in [5, 5.41) is 0.607. The second-order valence-corrected chi connectivity index (χ2v) is 8.83. The maximum Gasteiger partial charge on any atom is 0.339 e. The third-order valence-electron chi connectivity index (χ3n) is 6.56. The van der Waals surface area contributed by atoms with Crippen LogP contribution in [0.5, 0.6) is 0 Å². The van der Waals surface area contributed by atoms with E-state index in [1.165, 1.54) is 14.1 Å². The Hall–Kier alpha value is -4.73. The van der Waals surface area contributed by atoms with Gasteiger partial charge in [0.15, 0.2) is 6.61 Å². The lowest BCUT2D eigenvalue weighted by Crippen LogP contribution is -2.42. The van der Waals surface area contributed by atoms with Gasteiger partial charge in [-0.15, -0.1) is 0 Å². The SMILES string of the molecule is Cn1c(N)c(C(=O)COC(=O)c2c3c(nc4ccccc24)/C(=C/c2ccco2)CCC3)c(=O)n(C)c1=O. The van der Waals surface area contributed by atoms with Crippen LogP contribution in [-0.4, -0.2) is 32.5 Å². The number of carbonyl (C=O) groups is 2. The molecule has 0 saturated carbocycles. The zero-order valence-corrected chi connectivity index (χ0v) is 20.3. The van der Waals surface area contributed by atoms with Crippen LogP contribution in [0.1, 0.15) is 50.6 Å². The molecular weight excluding hydrogens is 476 g/mol. The number of nitrogen functional groups attached to an aromatic ring is 1. The second-order valence-electron chi connectivity index (χ2n) is 8.83. The number of aromatic nitrogens is 3. The van der Waals surface area contributed by atoms with Crippen LogP contribution in [0.3, 0.4) is 0 Å². The average Bonchev–Trinajstić information content (AvgIpc) is 3.41. The quantitative estimate of drug-likeness (QED) is 0.326. The third-order valence-corrected chi connectivity index (χ3v) is 6.56. The number of rotatable bonds is 5. The van der Waals surface area contributed by atoms with E-state index in [9.17, 15) is 19.2 Å². The van der Waals surface area contributed by atoms with Crippen molar-refractivity contribution in [2.75, 3.05) is 12.3 Å². The first-order valence-electron chi connectivity index (χ1n) is 11.7. The summed E-state index contributed by atoms with van der Waals surface area (Å²) < 4.78 is 12.7. The van der Waals surface area contributed by atoms with Crippen molar-refractivity contribution in [3.05, 3.63) is 91.6 Å². The van der Waals surface area contributed by atoms with Gasteiger partial charge in [0.05, 0.1) is 23.0 Å². The predicted molar refractivity (Wildman–Crippen MR) is 137 cm³/mol. The summed E-state index contributed by atoms with van der Waals surface area (Å²) >= 11 is 0. The number of benzene rings is 1. The Morgan fingerprint density at radius 2 is 1.86 bits per heavy atom. The number of esters is 1. The van der Waals surface area contributed by atoms with Gasteiger partial charge in [-0.3, -0.25) is 18.7 Å². The van der Waals surface area contributed by atoms with Gasteiger partial charge >= 0.3 is 11.7 Å². The molecule has 0 fully saturated rings. The molecule has 0 saturated heterocycles. The second kappa shape index (κ2) is 9.38. The van der Waals surface area contributed by atoms with E-state index in [-0.39, 0.29) is 5.82 Å². The number of anilines is 1. The van der Waals surface area contributed by atoms with Crippen LogP contribution in [-0.2, 0) is 25.3 Å². The van der Waals surface area contributed by atoms with Crippen molar-refractivity contribution < 1.29 is 18.7 Å². The molecule has 37 heavy (non-hydrogen) atoms. The lowest BCUT2D eigenvalue weighted by Gasteiger charge is -2.22. The van der Waals surface area contributed by atoms with Gasteiger partial charge in [-0.1, -0.05) is 18.2 Å². The van der Waals surface area contributed by atoms with Crippen molar-refractivity contribution in [3.63, 3.8) is 0 Å². The van der Waals surface area contributed by atoms with Crippen LogP contribution in [0.15, 0.2) is 56.7 Å². The number of furan rings is 1. The van der Waals surface area contributed by atoms with Gasteiger partial charge in [0.2, 0.25) is 5.78 Å². The summed E-state index contributed by atoms with van der Waals surface area (Å²) in [6.07, 6.45) is 5.67. The first kappa shape index (κ1) is 24.0. The van der Waals surface area contributed by atoms with E-state index < -0.39 is 35.2 Å². The van der Waals surface area contributed by atoms with Crippen LogP contribution in [0.2, 0.25) is 0 Å². The number of allylic oxidation sites excluding steroid dienone is 1. The van der Waals surface area contributed by atoms with Gasteiger partial charge in [0, 0.05) is 19.5 Å². The molecule has 0 atom stereocenters. The van der Waals surface area contributed by atoms with E-state index in [4.69, 9.17) is 19.9 Å². The fourth-order valence-electron chi connectivity index (χ4n) is 4.65. The molecule has 3 aromatic heterocycles. The lowest BCUT2D eigenvalue weighted by atomic mass is 9.86. The minimum Gasteiger partial charge on any atom is -0.465 e. The van der Waals surface area contributed by atoms with Crippen LogP contribution in [0.25, 0.3) is 22.6 Å². The normalized spacial score (nSPS) is 14.1.